The molecule has 0 bridgehead atoms. The van der Waals surface area contributed by atoms with Crippen LogP contribution in [0.1, 0.15) is 13.3 Å². The molecule has 1 aromatic carbocycles. The molecule has 0 radical (unpaired) electrons. The Morgan fingerprint density at radius 1 is 1.48 bits per heavy atom. The van der Waals surface area contributed by atoms with Crippen molar-refractivity contribution in [2.24, 2.45) is 0 Å². The Morgan fingerprint density at radius 2 is 2.24 bits per heavy atom. The Morgan fingerprint density at radius 3 is 2.90 bits per heavy atom. The van der Waals surface area contributed by atoms with Crippen LogP contribution in [0, 0.1) is 0 Å². The number of carbonyl (C=O) groups excluding carboxylic acids is 1. The Hall–Kier alpha value is -2.35. The summed E-state index contributed by atoms with van der Waals surface area (Å²) in [5.41, 5.74) is 0.759. The minimum atomic E-state index is -0.963. The fourth-order valence-electron chi connectivity index (χ4n) is 1.76. The number of urea groups is 1. The van der Waals surface area contributed by atoms with Gasteiger partial charge in [0.1, 0.15) is 5.75 Å². The van der Waals surface area contributed by atoms with E-state index in [-0.39, 0.29) is 6.42 Å². The van der Waals surface area contributed by atoms with E-state index >= 15 is 0 Å². The van der Waals surface area contributed by atoms with Crippen LogP contribution in [0.2, 0.25) is 0 Å². The number of fused-ring (bicyclic) bond motifs is 1. The number of methoxy groups -OCH3 is 1. The Labute approximate surface area is 124 Å². The number of amides is 2. The molecule has 0 aliphatic rings. The van der Waals surface area contributed by atoms with Crippen LogP contribution in [0.3, 0.4) is 0 Å². The second-order valence-corrected chi connectivity index (χ2v) is 5.48. The molecule has 7 nitrogen and oxygen atoms in total. The SMILES string of the molecule is COc1ccc2nc(NC(=O)NC(C)CC(=O)O)sc2c1. The number of anilines is 1. The first-order valence-electron chi connectivity index (χ1n) is 6.22. The highest BCUT2D eigenvalue weighted by Gasteiger charge is 2.13. The van der Waals surface area contributed by atoms with Crippen molar-refractivity contribution in [3.8, 4) is 5.75 Å². The standard InChI is InChI=1S/C13H15N3O4S/c1-7(5-11(17)18)14-12(19)16-13-15-9-4-3-8(20-2)6-10(9)21-13/h3-4,6-7H,5H2,1-2H3,(H,17,18)(H2,14,15,16,19). The zero-order valence-corrected chi connectivity index (χ0v) is 12.4. The molecule has 0 saturated carbocycles. The van der Waals surface area contributed by atoms with Gasteiger partial charge in [-0.05, 0) is 25.1 Å². The van der Waals surface area contributed by atoms with Crippen molar-refractivity contribution < 1.29 is 19.4 Å². The van der Waals surface area contributed by atoms with E-state index in [9.17, 15) is 9.59 Å². The summed E-state index contributed by atoms with van der Waals surface area (Å²) in [6, 6.07) is 4.50. The van der Waals surface area contributed by atoms with Crippen molar-refractivity contribution >= 4 is 38.7 Å². The monoisotopic (exact) mass is 309 g/mol. The Balaban J connectivity index is 2.02. The van der Waals surface area contributed by atoms with E-state index in [0.717, 1.165) is 16.0 Å². The number of thiazole rings is 1. The molecule has 0 aliphatic heterocycles. The van der Waals surface area contributed by atoms with Crippen LogP contribution in [-0.4, -0.2) is 35.2 Å². The van der Waals surface area contributed by atoms with Crippen molar-refractivity contribution in [2.75, 3.05) is 12.4 Å². The molecule has 21 heavy (non-hydrogen) atoms. The maximum atomic E-state index is 11.7. The van der Waals surface area contributed by atoms with Crippen molar-refractivity contribution in [2.45, 2.75) is 19.4 Å². The Bertz CT molecular complexity index is 670. The summed E-state index contributed by atoms with van der Waals surface area (Å²) in [4.78, 5) is 26.5. The first-order chi connectivity index (χ1) is 9.97. The largest absolute Gasteiger partial charge is 0.497 e. The second kappa shape index (κ2) is 6.40. The third kappa shape index (κ3) is 4.06. The van der Waals surface area contributed by atoms with Gasteiger partial charge in [0.05, 0.1) is 23.7 Å². The molecule has 1 unspecified atom stereocenters. The molecule has 0 spiro atoms. The van der Waals surface area contributed by atoms with E-state index < -0.39 is 18.0 Å². The second-order valence-electron chi connectivity index (χ2n) is 4.45. The molecule has 1 atom stereocenters. The lowest BCUT2D eigenvalue weighted by Gasteiger charge is -2.10. The maximum absolute atomic E-state index is 11.7. The number of hydrogen-bond donors (Lipinski definition) is 3. The normalized spacial score (nSPS) is 11.9. The van der Waals surface area contributed by atoms with Gasteiger partial charge in [-0.15, -0.1) is 0 Å². The first kappa shape index (κ1) is 15.0. The molecule has 0 aliphatic carbocycles. The quantitative estimate of drug-likeness (QED) is 0.786. The predicted octanol–water partition coefficient (Wildman–Crippen LogP) is 2.29. The van der Waals surface area contributed by atoms with Crippen molar-refractivity contribution in [1.29, 1.82) is 0 Å². The molecular formula is C13H15N3O4S. The lowest BCUT2D eigenvalue weighted by molar-refractivity contribution is -0.137. The third-order valence-electron chi connectivity index (χ3n) is 2.67. The van der Waals surface area contributed by atoms with E-state index in [1.165, 1.54) is 11.3 Å². The van der Waals surface area contributed by atoms with E-state index in [1.807, 2.05) is 6.07 Å². The topological polar surface area (TPSA) is 101 Å². The number of carbonyl (C=O) groups is 2. The number of hydrogen-bond acceptors (Lipinski definition) is 5. The van der Waals surface area contributed by atoms with Crippen LogP contribution in [0.5, 0.6) is 5.75 Å². The van der Waals surface area contributed by atoms with Crippen molar-refractivity contribution in [3.63, 3.8) is 0 Å². The van der Waals surface area contributed by atoms with E-state index in [1.54, 1.807) is 26.2 Å². The molecule has 8 heteroatoms. The summed E-state index contributed by atoms with van der Waals surface area (Å²) in [7, 11) is 1.58. The number of carboxylic acids is 1. The molecule has 2 amide bonds. The van der Waals surface area contributed by atoms with E-state index in [4.69, 9.17) is 9.84 Å². The summed E-state index contributed by atoms with van der Waals surface area (Å²) in [5, 5.41) is 14.2. The molecule has 112 valence electrons. The van der Waals surface area contributed by atoms with Crippen LogP contribution in [0.4, 0.5) is 9.93 Å². The van der Waals surface area contributed by atoms with Crippen LogP contribution in [-0.2, 0) is 4.79 Å². The highest BCUT2D eigenvalue weighted by molar-refractivity contribution is 7.22. The average molecular weight is 309 g/mol. The summed E-state index contributed by atoms with van der Waals surface area (Å²) < 4.78 is 6.02. The smallest absolute Gasteiger partial charge is 0.321 e. The number of aliphatic carboxylic acids is 1. The van der Waals surface area contributed by atoms with Gasteiger partial charge in [0.25, 0.3) is 0 Å². The van der Waals surface area contributed by atoms with E-state index in [0.29, 0.717) is 5.13 Å². The van der Waals surface area contributed by atoms with Crippen LogP contribution >= 0.6 is 11.3 Å². The van der Waals surface area contributed by atoms with Gasteiger partial charge in [-0.2, -0.15) is 0 Å². The zero-order chi connectivity index (χ0) is 15.4. The number of benzene rings is 1. The summed E-state index contributed by atoms with van der Waals surface area (Å²) >= 11 is 1.32. The Kier molecular flexibility index (Phi) is 4.59. The zero-order valence-electron chi connectivity index (χ0n) is 11.5. The number of nitrogens with one attached hydrogen (secondary N) is 2. The van der Waals surface area contributed by atoms with Crippen molar-refractivity contribution in [1.82, 2.24) is 10.3 Å². The molecular weight excluding hydrogens is 294 g/mol. The molecule has 1 aromatic heterocycles. The fourth-order valence-corrected chi connectivity index (χ4v) is 2.64. The lowest BCUT2D eigenvalue weighted by atomic mass is 10.2. The molecule has 3 N–H and O–H groups in total. The van der Waals surface area contributed by atoms with Gasteiger partial charge in [0.2, 0.25) is 0 Å². The van der Waals surface area contributed by atoms with Gasteiger partial charge in [-0.25, -0.2) is 9.78 Å². The summed E-state index contributed by atoms with van der Waals surface area (Å²) in [5.74, 6) is -0.243. The highest BCUT2D eigenvalue weighted by Crippen LogP contribution is 2.28. The maximum Gasteiger partial charge on any atom is 0.321 e. The molecule has 0 fully saturated rings. The lowest BCUT2D eigenvalue weighted by Crippen LogP contribution is -2.37. The van der Waals surface area contributed by atoms with Gasteiger partial charge in [0, 0.05) is 6.04 Å². The molecule has 2 rings (SSSR count). The molecule has 2 aromatic rings. The minimum Gasteiger partial charge on any atom is -0.497 e. The fraction of sp³-hybridized carbons (Fsp3) is 0.308. The summed E-state index contributed by atoms with van der Waals surface area (Å²) in [6.07, 6.45) is -0.134. The van der Waals surface area contributed by atoms with E-state index in [2.05, 4.69) is 15.6 Å². The molecule has 0 saturated heterocycles. The number of aromatic nitrogens is 1. The van der Waals surface area contributed by atoms with Gasteiger partial charge in [-0.3, -0.25) is 10.1 Å². The van der Waals surface area contributed by atoms with Gasteiger partial charge in [-0.1, -0.05) is 11.3 Å². The van der Waals surface area contributed by atoms with Crippen LogP contribution in [0.25, 0.3) is 10.2 Å². The van der Waals surface area contributed by atoms with Gasteiger partial charge >= 0.3 is 12.0 Å². The number of nitrogens with zero attached hydrogens (tertiary/aromatic N) is 1. The third-order valence-corrected chi connectivity index (χ3v) is 3.61. The van der Waals surface area contributed by atoms with Crippen molar-refractivity contribution in [3.05, 3.63) is 18.2 Å². The summed E-state index contributed by atoms with van der Waals surface area (Å²) in [6.45, 7) is 1.62. The predicted molar refractivity (Wildman–Crippen MR) is 80.0 cm³/mol. The first-order valence-corrected chi connectivity index (χ1v) is 7.03. The average Bonchev–Trinajstić information content (AvgIpc) is 2.77. The molecule has 1 heterocycles. The number of ether oxygens (including phenoxy) is 1. The van der Waals surface area contributed by atoms with Crippen LogP contribution in [0.15, 0.2) is 18.2 Å². The minimum absolute atomic E-state index is 0.134. The number of rotatable bonds is 5. The highest BCUT2D eigenvalue weighted by atomic mass is 32.1. The number of carboxylic acid groups (broad SMARTS) is 1. The van der Waals surface area contributed by atoms with Gasteiger partial charge < -0.3 is 15.2 Å². The van der Waals surface area contributed by atoms with Crippen LogP contribution < -0.4 is 15.4 Å². The van der Waals surface area contributed by atoms with Gasteiger partial charge in [0.15, 0.2) is 5.13 Å².